The van der Waals surface area contributed by atoms with Gasteiger partial charge < -0.3 is 4.74 Å². The summed E-state index contributed by atoms with van der Waals surface area (Å²) in [6.07, 6.45) is 8.63. The third-order valence-corrected chi connectivity index (χ3v) is 8.14. The topological polar surface area (TPSA) is 48.6 Å². The van der Waals surface area contributed by atoms with Crippen molar-refractivity contribution in [1.29, 1.82) is 5.26 Å². The van der Waals surface area contributed by atoms with Gasteiger partial charge in [0.1, 0.15) is 17.2 Å². The Balaban J connectivity index is 1.34. The van der Waals surface area contributed by atoms with E-state index in [1.54, 1.807) is 11.1 Å². The molecule has 0 radical (unpaired) electrons. The number of nitriles is 1. The third-order valence-electron chi connectivity index (χ3n) is 6.82. The van der Waals surface area contributed by atoms with Crippen LogP contribution in [0.15, 0.2) is 41.4 Å². The summed E-state index contributed by atoms with van der Waals surface area (Å²) in [5, 5.41) is 9.88. The summed E-state index contributed by atoms with van der Waals surface area (Å²) >= 11 is 1.87. The van der Waals surface area contributed by atoms with E-state index >= 15 is 0 Å². The molecule has 5 heteroatoms. The Hall–Kier alpha value is -2.29. The first-order valence-electron chi connectivity index (χ1n) is 11.9. The maximum absolute atomic E-state index is 9.59. The summed E-state index contributed by atoms with van der Waals surface area (Å²) in [7, 11) is 0. The van der Waals surface area contributed by atoms with Crippen LogP contribution in [0.2, 0.25) is 0 Å². The maximum Gasteiger partial charge on any atom is 0.137 e. The Morgan fingerprint density at radius 3 is 2.72 bits per heavy atom. The molecule has 5 rings (SSSR count). The summed E-state index contributed by atoms with van der Waals surface area (Å²) < 4.78 is 5.78. The van der Waals surface area contributed by atoms with E-state index in [-0.39, 0.29) is 16.7 Å². The molecule has 0 aromatic heterocycles. The van der Waals surface area contributed by atoms with Crippen molar-refractivity contribution in [2.45, 2.75) is 68.7 Å². The fourth-order valence-electron chi connectivity index (χ4n) is 5.37. The predicted octanol–water partition coefficient (Wildman–Crippen LogP) is 6.38. The quantitative estimate of drug-likeness (QED) is 0.536. The van der Waals surface area contributed by atoms with Crippen molar-refractivity contribution in [3.63, 3.8) is 0 Å². The van der Waals surface area contributed by atoms with Gasteiger partial charge in [0.25, 0.3) is 0 Å². The summed E-state index contributed by atoms with van der Waals surface area (Å²) in [4.78, 5) is 7.55. The monoisotopic (exact) mass is 445 g/mol. The van der Waals surface area contributed by atoms with Crippen LogP contribution in [0.5, 0.6) is 5.75 Å². The number of fused-ring (bicyclic) bond motifs is 1. The normalized spacial score (nSPS) is 25.1. The lowest BCUT2D eigenvalue weighted by atomic mass is 9.98. The molecule has 2 aromatic rings. The minimum absolute atomic E-state index is 0.0235. The van der Waals surface area contributed by atoms with E-state index < -0.39 is 0 Å². The van der Waals surface area contributed by atoms with E-state index in [1.807, 2.05) is 37.7 Å². The molecule has 0 bridgehead atoms. The van der Waals surface area contributed by atoms with Crippen molar-refractivity contribution >= 4 is 18.0 Å². The van der Waals surface area contributed by atoms with Gasteiger partial charge in [-0.15, -0.1) is 11.8 Å². The number of rotatable bonds is 5. The van der Waals surface area contributed by atoms with Crippen molar-refractivity contribution in [3.8, 4) is 11.8 Å². The zero-order valence-corrected chi connectivity index (χ0v) is 19.8. The van der Waals surface area contributed by atoms with Gasteiger partial charge >= 0.3 is 0 Å². The molecule has 166 valence electrons. The summed E-state index contributed by atoms with van der Waals surface area (Å²) in [6, 6.07) is 15.7. The van der Waals surface area contributed by atoms with E-state index in [4.69, 9.17) is 9.73 Å². The Bertz CT molecular complexity index is 1050. The Morgan fingerprint density at radius 1 is 1.12 bits per heavy atom. The van der Waals surface area contributed by atoms with Crippen LogP contribution in [0.4, 0.5) is 0 Å². The molecule has 32 heavy (non-hydrogen) atoms. The molecule has 1 saturated heterocycles. The molecule has 1 fully saturated rings. The molecule has 0 amide bonds. The predicted molar refractivity (Wildman–Crippen MR) is 131 cm³/mol. The molecule has 3 atom stereocenters. The van der Waals surface area contributed by atoms with Gasteiger partial charge in [-0.25, -0.2) is 0 Å². The van der Waals surface area contributed by atoms with Crippen LogP contribution in [0.3, 0.4) is 0 Å². The third kappa shape index (κ3) is 4.19. The zero-order chi connectivity index (χ0) is 22.1. The van der Waals surface area contributed by atoms with Gasteiger partial charge in [0.05, 0.1) is 16.9 Å². The smallest absolute Gasteiger partial charge is 0.137 e. The molecule has 3 unspecified atom stereocenters. The maximum atomic E-state index is 9.59. The highest BCUT2D eigenvalue weighted by molar-refractivity contribution is 8.00. The summed E-state index contributed by atoms with van der Waals surface area (Å²) in [6.45, 7) is 6.44. The van der Waals surface area contributed by atoms with E-state index in [0.717, 1.165) is 5.56 Å². The SMILES string of the molecule is CC(C)Oc1ccc(C2N=CC(c3cccc4c3CCC4N3CCCCC3)S2)cc1C#N. The Labute approximate surface area is 195 Å². The Morgan fingerprint density at radius 2 is 1.94 bits per heavy atom. The number of thioether (sulfide) groups is 1. The van der Waals surface area contributed by atoms with Gasteiger partial charge in [-0.3, -0.25) is 9.89 Å². The average molecular weight is 446 g/mol. The van der Waals surface area contributed by atoms with Gasteiger partial charge in [0.15, 0.2) is 0 Å². The number of likely N-dealkylation sites (tertiary alicyclic amines) is 1. The minimum Gasteiger partial charge on any atom is -0.490 e. The van der Waals surface area contributed by atoms with Crippen LogP contribution >= 0.6 is 11.8 Å². The van der Waals surface area contributed by atoms with E-state index in [0.29, 0.717) is 17.4 Å². The van der Waals surface area contributed by atoms with Crippen LogP contribution in [0.25, 0.3) is 0 Å². The first kappa shape index (κ1) is 21.6. The Kier molecular flexibility index (Phi) is 6.26. The fraction of sp³-hybridized carbons (Fsp3) is 0.481. The molecule has 2 heterocycles. The zero-order valence-electron chi connectivity index (χ0n) is 19.0. The second-order valence-electron chi connectivity index (χ2n) is 9.31. The number of aliphatic imine (C=N–C) groups is 1. The van der Waals surface area contributed by atoms with Crippen LogP contribution in [0, 0.1) is 11.3 Å². The van der Waals surface area contributed by atoms with Crippen molar-refractivity contribution in [1.82, 2.24) is 4.90 Å². The lowest BCUT2D eigenvalue weighted by molar-refractivity contribution is 0.163. The number of piperidine rings is 1. The largest absolute Gasteiger partial charge is 0.490 e. The number of ether oxygens (including phenoxy) is 1. The molecular weight excluding hydrogens is 414 g/mol. The van der Waals surface area contributed by atoms with Crippen LogP contribution in [0.1, 0.15) is 84.0 Å². The number of hydrogen-bond donors (Lipinski definition) is 0. The highest BCUT2D eigenvalue weighted by Crippen LogP contribution is 2.49. The summed E-state index contributed by atoms with van der Waals surface area (Å²) in [5.74, 6) is 0.652. The number of nitrogens with zero attached hydrogens (tertiary/aromatic N) is 3. The van der Waals surface area contributed by atoms with Crippen LogP contribution < -0.4 is 4.74 Å². The molecule has 4 nitrogen and oxygen atoms in total. The fourth-order valence-corrected chi connectivity index (χ4v) is 6.60. The average Bonchev–Trinajstić information content (AvgIpc) is 3.47. The highest BCUT2D eigenvalue weighted by atomic mass is 32.2. The van der Waals surface area contributed by atoms with Crippen molar-refractivity contribution in [2.75, 3.05) is 13.1 Å². The second kappa shape index (κ2) is 9.29. The first-order chi connectivity index (χ1) is 15.6. The van der Waals surface area contributed by atoms with Gasteiger partial charge in [0.2, 0.25) is 0 Å². The molecule has 3 aliphatic rings. The van der Waals surface area contributed by atoms with Crippen molar-refractivity contribution in [2.24, 2.45) is 4.99 Å². The number of hydrogen-bond acceptors (Lipinski definition) is 5. The minimum atomic E-state index is 0.0235. The molecule has 1 aliphatic carbocycles. The van der Waals surface area contributed by atoms with Gasteiger partial charge in [-0.2, -0.15) is 5.26 Å². The standard InChI is InChI=1S/C27H31N3OS/c1-18(2)31-25-12-9-19(15-20(25)16-28)27-29-17-26(32-27)23-8-6-7-22-21(23)10-11-24(22)30-13-4-3-5-14-30/h6-9,12,15,17-18,24,26-27H,3-5,10-11,13-14H2,1-2H3. The highest BCUT2D eigenvalue weighted by Gasteiger charge is 2.33. The lowest BCUT2D eigenvalue weighted by Gasteiger charge is -2.33. The van der Waals surface area contributed by atoms with Gasteiger partial charge in [-0.1, -0.05) is 30.7 Å². The van der Waals surface area contributed by atoms with Crippen LogP contribution in [-0.2, 0) is 6.42 Å². The van der Waals surface area contributed by atoms with E-state index in [2.05, 4.69) is 41.4 Å². The van der Waals surface area contributed by atoms with E-state index in [9.17, 15) is 5.26 Å². The lowest BCUT2D eigenvalue weighted by Crippen LogP contribution is -2.32. The van der Waals surface area contributed by atoms with Gasteiger partial charge in [0, 0.05) is 12.3 Å². The second-order valence-corrected chi connectivity index (χ2v) is 10.5. The summed E-state index contributed by atoms with van der Waals surface area (Å²) in [5.41, 5.74) is 6.18. The van der Waals surface area contributed by atoms with Crippen molar-refractivity contribution < 1.29 is 4.74 Å². The molecule has 2 aliphatic heterocycles. The van der Waals surface area contributed by atoms with Gasteiger partial charge in [-0.05, 0) is 87.0 Å². The molecule has 0 N–H and O–H groups in total. The molecular formula is C27H31N3OS. The van der Waals surface area contributed by atoms with Crippen molar-refractivity contribution in [3.05, 3.63) is 64.2 Å². The first-order valence-corrected chi connectivity index (χ1v) is 12.8. The molecule has 0 spiro atoms. The molecule has 2 aromatic carbocycles. The molecule has 0 saturated carbocycles. The van der Waals surface area contributed by atoms with E-state index in [1.165, 1.54) is 50.8 Å². The number of benzene rings is 2. The van der Waals surface area contributed by atoms with Crippen LogP contribution in [-0.4, -0.2) is 30.3 Å².